The third kappa shape index (κ3) is 4.39. The number of fused-ring (bicyclic) bond motifs is 1. The highest BCUT2D eigenvalue weighted by Crippen LogP contribution is 2.30. The number of nitro groups is 1. The van der Waals surface area contributed by atoms with E-state index in [1.807, 2.05) is 0 Å². The van der Waals surface area contributed by atoms with Crippen LogP contribution in [0.4, 0.5) is 10.1 Å². The van der Waals surface area contributed by atoms with Gasteiger partial charge in [-0.15, -0.1) is 0 Å². The molecule has 0 aliphatic carbocycles. The van der Waals surface area contributed by atoms with Crippen LogP contribution >= 0.6 is 0 Å². The predicted molar refractivity (Wildman–Crippen MR) is 102 cm³/mol. The summed E-state index contributed by atoms with van der Waals surface area (Å²) in [6, 6.07) is 7.75. The van der Waals surface area contributed by atoms with Crippen molar-refractivity contribution in [2.45, 2.75) is 12.5 Å². The molecule has 0 radical (unpaired) electrons. The lowest BCUT2D eigenvalue weighted by Gasteiger charge is -2.20. The van der Waals surface area contributed by atoms with Crippen molar-refractivity contribution in [3.8, 4) is 0 Å². The molecule has 160 valence electrons. The molecule has 1 unspecified atom stereocenters. The number of halogens is 1. The smallest absolute Gasteiger partial charge is 0.307 e. The minimum absolute atomic E-state index is 0.170. The van der Waals surface area contributed by atoms with Crippen molar-refractivity contribution in [2.75, 3.05) is 13.7 Å². The summed E-state index contributed by atoms with van der Waals surface area (Å²) in [5, 5.41) is 13.7. The summed E-state index contributed by atoms with van der Waals surface area (Å²) in [6.07, 6.45) is -0.276. The summed E-state index contributed by atoms with van der Waals surface area (Å²) in [6.45, 7) is -0.720. The van der Waals surface area contributed by atoms with Crippen molar-refractivity contribution in [3.05, 3.63) is 75.1 Å². The van der Waals surface area contributed by atoms with Gasteiger partial charge in [0, 0.05) is 6.07 Å². The normalized spacial score (nSPS) is 13.5. The number of benzene rings is 2. The highest BCUT2D eigenvalue weighted by atomic mass is 19.1. The van der Waals surface area contributed by atoms with Crippen LogP contribution in [0.1, 0.15) is 38.7 Å². The van der Waals surface area contributed by atoms with Gasteiger partial charge in [-0.25, -0.2) is 4.39 Å². The standard InChI is InChI=1S/C20H16FN3O7/c1-31-17(26)9-14(11-5-7-12(21)8-6-11)22-16(25)10-23-19(27)13-3-2-4-15(24(29)30)18(13)20(23)28/h2-8,14H,9-10H2,1H3,(H,22,25). The van der Waals surface area contributed by atoms with Crippen molar-refractivity contribution in [1.82, 2.24) is 10.2 Å². The Bertz CT molecular complexity index is 1080. The zero-order valence-electron chi connectivity index (χ0n) is 16.2. The van der Waals surface area contributed by atoms with Gasteiger partial charge in [0.25, 0.3) is 17.5 Å². The maximum Gasteiger partial charge on any atom is 0.307 e. The summed E-state index contributed by atoms with van der Waals surface area (Å²) in [5.41, 5.74) is -0.682. The average Bonchev–Trinajstić information content (AvgIpc) is 2.98. The van der Waals surface area contributed by atoms with E-state index in [0.717, 1.165) is 25.3 Å². The summed E-state index contributed by atoms with van der Waals surface area (Å²) in [7, 11) is 1.16. The van der Waals surface area contributed by atoms with Crippen molar-refractivity contribution >= 4 is 29.4 Å². The monoisotopic (exact) mass is 429 g/mol. The summed E-state index contributed by atoms with van der Waals surface area (Å²) in [5.74, 6) is -3.76. The van der Waals surface area contributed by atoms with Crippen molar-refractivity contribution in [2.24, 2.45) is 0 Å². The van der Waals surface area contributed by atoms with E-state index in [-0.39, 0.29) is 17.5 Å². The second-order valence-electron chi connectivity index (χ2n) is 6.61. The third-order valence-corrected chi connectivity index (χ3v) is 4.68. The highest BCUT2D eigenvalue weighted by Gasteiger charge is 2.41. The number of ether oxygens (including phenoxy) is 1. The Labute approximate surface area is 174 Å². The van der Waals surface area contributed by atoms with Gasteiger partial charge in [-0.1, -0.05) is 18.2 Å². The van der Waals surface area contributed by atoms with E-state index in [0.29, 0.717) is 10.5 Å². The van der Waals surface area contributed by atoms with Gasteiger partial charge in [0.2, 0.25) is 5.91 Å². The molecule has 0 fully saturated rings. The molecule has 2 aromatic carbocycles. The van der Waals surface area contributed by atoms with Crippen LogP contribution in [-0.4, -0.2) is 47.2 Å². The van der Waals surface area contributed by atoms with Crippen LogP contribution < -0.4 is 5.32 Å². The number of methoxy groups -OCH3 is 1. The van der Waals surface area contributed by atoms with Crippen LogP contribution in [-0.2, 0) is 14.3 Å². The molecule has 1 aliphatic heterocycles. The Morgan fingerprint density at radius 1 is 1.16 bits per heavy atom. The Morgan fingerprint density at radius 3 is 2.45 bits per heavy atom. The second-order valence-corrected chi connectivity index (χ2v) is 6.61. The number of carbonyl (C=O) groups excluding carboxylic acids is 4. The fraction of sp³-hybridized carbons (Fsp3) is 0.200. The van der Waals surface area contributed by atoms with Gasteiger partial charge in [0.15, 0.2) is 0 Å². The first-order valence-electron chi connectivity index (χ1n) is 8.98. The van der Waals surface area contributed by atoms with Crippen molar-refractivity contribution in [3.63, 3.8) is 0 Å². The number of hydrogen-bond donors (Lipinski definition) is 1. The maximum atomic E-state index is 13.2. The topological polar surface area (TPSA) is 136 Å². The van der Waals surface area contributed by atoms with Gasteiger partial charge in [-0.05, 0) is 23.8 Å². The van der Waals surface area contributed by atoms with E-state index >= 15 is 0 Å². The van der Waals surface area contributed by atoms with Gasteiger partial charge in [-0.2, -0.15) is 0 Å². The molecule has 0 aromatic heterocycles. The molecule has 0 saturated heterocycles. The number of amides is 3. The predicted octanol–water partition coefficient (Wildman–Crippen LogP) is 1.75. The lowest BCUT2D eigenvalue weighted by atomic mass is 10.0. The Morgan fingerprint density at radius 2 is 1.84 bits per heavy atom. The molecule has 31 heavy (non-hydrogen) atoms. The van der Waals surface area contributed by atoms with Crippen LogP contribution in [0, 0.1) is 15.9 Å². The van der Waals surface area contributed by atoms with Crippen LogP contribution in [0.25, 0.3) is 0 Å². The maximum absolute atomic E-state index is 13.2. The molecule has 1 aliphatic rings. The lowest BCUT2D eigenvalue weighted by Crippen LogP contribution is -2.42. The first kappa shape index (κ1) is 21.6. The van der Waals surface area contributed by atoms with E-state index in [9.17, 15) is 33.7 Å². The molecule has 0 bridgehead atoms. The van der Waals surface area contributed by atoms with Gasteiger partial charge >= 0.3 is 5.97 Å². The summed E-state index contributed by atoms with van der Waals surface area (Å²) >= 11 is 0. The molecule has 0 spiro atoms. The molecule has 1 atom stereocenters. The number of imide groups is 1. The van der Waals surface area contributed by atoms with Crippen LogP contribution in [0.15, 0.2) is 42.5 Å². The number of nitrogens with one attached hydrogen (secondary N) is 1. The Balaban J connectivity index is 1.79. The van der Waals surface area contributed by atoms with Gasteiger partial charge in [0.1, 0.15) is 17.9 Å². The molecule has 3 amide bonds. The van der Waals surface area contributed by atoms with Gasteiger partial charge < -0.3 is 10.1 Å². The summed E-state index contributed by atoms with van der Waals surface area (Å²) < 4.78 is 17.8. The first-order chi connectivity index (χ1) is 14.7. The number of rotatable bonds is 7. The fourth-order valence-corrected chi connectivity index (χ4v) is 3.19. The quantitative estimate of drug-likeness (QED) is 0.306. The molecular weight excluding hydrogens is 413 g/mol. The number of carbonyl (C=O) groups is 4. The summed E-state index contributed by atoms with van der Waals surface area (Å²) in [4.78, 5) is 60.4. The van der Waals surface area contributed by atoms with E-state index in [2.05, 4.69) is 10.1 Å². The highest BCUT2D eigenvalue weighted by molar-refractivity contribution is 6.24. The van der Waals surface area contributed by atoms with Crippen LogP contribution in [0.2, 0.25) is 0 Å². The van der Waals surface area contributed by atoms with E-state index in [1.54, 1.807) is 0 Å². The first-order valence-corrected chi connectivity index (χ1v) is 8.98. The minimum Gasteiger partial charge on any atom is -0.469 e. The Hall–Kier alpha value is -4.15. The third-order valence-electron chi connectivity index (χ3n) is 4.68. The van der Waals surface area contributed by atoms with Crippen molar-refractivity contribution < 1.29 is 33.2 Å². The molecular formula is C20H16FN3O7. The largest absolute Gasteiger partial charge is 0.469 e. The molecule has 0 saturated carbocycles. The number of nitrogens with zero attached hydrogens (tertiary/aromatic N) is 2. The molecule has 1 heterocycles. The molecule has 2 aromatic rings. The lowest BCUT2D eigenvalue weighted by molar-refractivity contribution is -0.385. The molecule has 3 rings (SSSR count). The number of nitro benzene ring substituents is 1. The average molecular weight is 429 g/mol. The van der Waals surface area contributed by atoms with E-state index < -0.39 is 52.7 Å². The molecule has 1 N–H and O–H groups in total. The van der Waals surface area contributed by atoms with Crippen LogP contribution in [0.5, 0.6) is 0 Å². The SMILES string of the molecule is COC(=O)CC(NC(=O)CN1C(=O)c2cccc([N+](=O)[O-])c2C1=O)c1ccc(F)cc1. The number of hydrogen-bond acceptors (Lipinski definition) is 7. The second kappa shape index (κ2) is 8.69. The fourth-order valence-electron chi connectivity index (χ4n) is 3.19. The zero-order valence-corrected chi connectivity index (χ0v) is 16.2. The van der Waals surface area contributed by atoms with Gasteiger partial charge in [0.05, 0.1) is 30.1 Å². The zero-order chi connectivity index (χ0) is 22.7. The minimum atomic E-state index is -0.964. The van der Waals surface area contributed by atoms with Gasteiger partial charge in [-0.3, -0.25) is 34.2 Å². The van der Waals surface area contributed by atoms with E-state index in [1.165, 1.54) is 24.3 Å². The molecule has 10 nitrogen and oxygen atoms in total. The van der Waals surface area contributed by atoms with Crippen LogP contribution in [0.3, 0.4) is 0 Å². The number of esters is 1. The molecule has 11 heteroatoms. The van der Waals surface area contributed by atoms with Crippen molar-refractivity contribution in [1.29, 1.82) is 0 Å². The van der Waals surface area contributed by atoms with E-state index in [4.69, 9.17) is 0 Å². The Kier molecular flexibility index (Phi) is 6.05.